The van der Waals surface area contributed by atoms with Gasteiger partial charge in [0.15, 0.2) is 0 Å². The van der Waals surface area contributed by atoms with Gasteiger partial charge in [0, 0.05) is 12.6 Å². The van der Waals surface area contributed by atoms with Gasteiger partial charge in [0.05, 0.1) is 6.04 Å². The van der Waals surface area contributed by atoms with Gasteiger partial charge in [0.25, 0.3) is 0 Å². The molecular formula is C12H24N2O. The van der Waals surface area contributed by atoms with Crippen molar-refractivity contribution in [3.63, 3.8) is 0 Å². The van der Waals surface area contributed by atoms with Crippen LogP contribution in [0.2, 0.25) is 0 Å². The van der Waals surface area contributed by atoms with Gasteiger partial charge < -0.3 is 10.6 Å². The molecule has 0 aromatic carbocycles. The minimum absolute atomic E-state index is 0.129. The predicted octanol–water partition coefficient (Wildman–Crippen LogP) is 1.62. The van der Waals surface area contributed by atoms with Crippen molar-refractivity contribution in [3.8, 4) is 0 Å². The van der Waals surface area contributed by atoms with Crippen LogP contribution in [0.4, 0.5) is 0 Å². The van der Waals surface area contributed by atoms with Crippen LogP contribution < -0.4 is 5.73 Å². The summed E-state index contributed by atoms with van der Waals surface area (Å²) in [5, 5.41) is 0. The monoisotopic (exact) mass is 212 g/mol. The summed E-state index contributed by atoms with van der Waals surface area (Å²) in [6, 6.07) is 0.00815. The van der Waals surface area contributed by atoms with E-state index in [2.05, 4.69) is 13.8 Å². The smallest absolute Gasteiger partial charge is 0.239 e. The lowest BCUT2D eigenvalue weighted by Crippen LogP contribution is -2.53. The third kappa shape index (κ3) is 2.71. The van der Waals surface area contributed by atoms with Crippen LogP contribution >= 0.6 is 0 Å². The number of piperidine rings is 1. The summed E-state index contributed by atoms with van der Waals surface area (Å²) in [4.78, 5) is 14.1. The number of hydrogen-bond donors (Lipinski definition) is 1. The maximum Gasteiger partial charge on any atom is 0.239 e. The zero-order chi connectivity index (χ0) is 11.6. The largest absolute Gasteiger partial charge is 0.338 e. The highest BCUT2D eigenvalue weighted by Crippen LogP contribution is 2.23. The van der Waals surface area contributed by atoms with Crippen LogP contribution in [-0.2, 0) is 4.79 Å². The molecule has 2 N–H and O–H groups in total. The van der Waals surface area contributed by atoms with E-state index in [-0.39, 0.29) is 17.9 Å². The highest BCUT2D eigenvalue weighted by Gasteiger charge is 2.31. The first-order chi connectivity index (χ1) is 6.95. The molecule has 0 aromatic heterocycles. The number of carbonyl (C=O) groups is 1. The summed E-state index contributed by atoms with van der Waals surface area (Å²) >= 11 is 0. The Hall–Kier alpha value is -0.570. The summed E-state index contributed by atoms with van der Waals surface area (Å²) in [6.45, 7) is 9.23. The molecule has 0 radical (unpaired) electrons. The first-order valence-corrected chi connectivity index (χ1v) is 6.01. The molecule has 0 saturated carbocycles. The molecule has 1 amide bonds. The molecule has 0 aliphatic carbocycles. The molecule has 0 bridgehead atoms. The van der Waals surface area contributed by atoms with Crippen molar-refractivity contribution in [2.45, 2.75) is 52.6 Å². The lowest BCUT2D eigenvalue weighted by molar-refractivity contribution is -0.138. The van der Waals surface area contributed by atoms with Crippen LogP contribution in [0.15, 0.2) is 0 Å². The Morgan fingerprint density at radius 3 is 2.53 bits per heavy atom. The number of amides is 1. The Bertz CT molecular complexity index is 228. The molecule has 1 heterocycles. The van der Waals surface area contributed by atoms with Gasteiger partial charge in [-0.05, 0) is 31.6 Å². The van der Waals surface area contributed by atoms with E-state index >= 15 is 0 Å². The number of likely N-dealkylation sites (tertiary alicyclic amines) is 1. The third-order valence-corrected chi connectivity index (χ3v) is 3.66. The highest BCUT2D eigenvalue weighted by atomic mass is 16.2. The number of hydrogen-bond acceptors (Lipinski definition) is 2. The Kier molecular flexibility index (Phi) is 4.14. The second-order valence-electron chi connectivity index (χ2n) is 5.16. The summed E-state index contributed by atoms with van der Waals surface area (Å²) in [6.07, 6.45) is 2.34. The van der Waals surface area contributed by atoms with Gasteiger partial charge in [0.1, 0.15) is 0 Å². The minimum atomic E-state index is -0.335. The second kappa shape index (κ2) is 4.97. The van der Waals surface area contributed by atoms with Crippen LogP contribution in [0.5, 0.6) is 0 Å². The molecule has 3 atom stereocenters. The van der Waals surface area contributed by atoms with Crippen molar-refractivity contribution in [1.29, 1.82) is 0 Å². The van der Waals surface area contributed by atoms with E-state index < -0.39 is 0 Å². The van der Waals surface area contributed by atoms with Crippen LogP contribution in [0.25, 0.3) is 0 Å². The lowest BCUT2D eigenvalue weighted by Gasteiger charge is -2.39. The van der Waals surface area contributed by atoms with Crippen LogP contribution in [0, 0.1) is 11.8 Å². The quantitative estimate of drug-likeness (QED) is 0.756. The summed E-state index contributed by atoms with van der Waals surface area (Å²) in [7, 11) is 0. The fraction of sp³-hybridized carbons (Fsp3) is 0.917. The molecule has 0 aromatic rings. The van der Waals surface area contributed by atoms with E-state index in [1.807, 2.05) is 18.7 Å². The number of nitrogens with zero attached hydrogens (tertiary/aromatic N) is 1. The zero-order valence-electron chi connectivity index (χ0n) is 10.4. The molecule has 1 rings (SSSR count). The predicted molar refractivity (Wildman–Crippen MR) is 62.4 cm³/mol. The van der Waals surface area contributed by atoms with E-state index in [1.165, 1.54) is 6.42 Å². The standard InChI is InChI=1S/C12H24N2O/c1-8(2)11(13)12(15)14-7-5-6-9(3)10(14)4/h8-11H,5-7,13H2,1-4H3. The molecule has 3 unspecified atom stereocenters. The van der Waals surface area contributed by atoms with Gasteiger partial charge in [-0.3, -0.25) is 4.79 Å². The Morgan fingerprint density at radius 2 is 2.00 bits per heavy atom. The molecular weight excluding hydrogens is 188 g/mol. The van der Waals surface area contributed by atoms with E-state index in [9.17, 15) is 4.79 Å². The van der Waals surface area contributed by atoms with Gasteiger partial charge in [-0.1, -0.05) is 20.8 Å². The van der Waals surface area contributed by atoms with Crippen LogP contribution in [-0.4, -0.2) is 29.4 Å². The molecule has 3 heteroatoms. The van der Waals surface area contributed by atoms with E-state index in [1.54, 1.807) is 0 Å². The van der Waals surface area contributed by atoms with Crippen molar-refractivity contribution in [1.82, 2.24) is 4.90 Å². The number of rotatable bonds is 2. The normalized spacial score (nSPS) is 29.3. The van der Waals surface area contributed by atoms with Crippen molar-refractivity contribution >= 4 is 5.91 Å². The maximum atomic E-state index is 12.1. The summed E-state index contributed by atoms with van der Waals surface area (Å²) < 4.78 is 0. The Morgan fingerprint density at radius 1 is 1.40 bits per heavy atom. The average Bonchev–Trinajstić information content (AvgIpc) is 2.20. The third-order valence-electron chi connectivity index (χ3n) is 3.66. The molecule has 1 aliphatic rings. The summed E-state index contributed by atoms with van der Waals surface area (Å²) in [5.41, 5.74) is 5.91. The first-order valence-electron chi connectivity index (χ1n) is 6.01. The average molecular weight is 212 g/mol. The molecule has 0 spiro atoms. The van der Waals surface area contributed by atoms with Crippen molar-refractivity contribution in [2.24, 2.45) is 17.6 Å². The Balaban J connectivity index is 2.66. The molecule has 15 heavy (non-hydrogen) atoms. The summed E-state index contributed by atoms with van der Waals surface area (Å²) in [5.74, 6) is 0.952. The van der Waals surface area contributed by atoms with Crippen LogP contribution in [0.1, 0.15) is 40.5 Å². The fourth-order valence-electron chi connectivity index (χ4n) is 2.12. The highest BCUT2D eigenvalue weighted by molar-refractivity contribution is 5.82. The molecule has 1 fully saturated rings. The lowest BCUT2D eigenvalue weighted by atomic mass is 9.90. The van der Waals surface area contributed by atoms with E-state index in [0.29, 0.717) is 12.0 Å². The van der Waals surface area contributed by atoms with Gasteiger partial charge in [-0.15, -0.1) is 0 Å². The van der Waals surface area contributed by atoms with Crippen molar-refractivity contribution in [3.05, 3.63) is 0 Å². The SMILES string of the molecule is CC(C)C(N)C(=O)N1CCCC(C)C1C. The zero-order valence-corrected chi connectivity index (χ0v) is 10.4. The fourth-order valence-corrected chi connectivity index (χ4v) is 2.12. The van der Waals surface area contributed by atoms with Crippen LogP contribution in [0.3, 0.4) is 0 Å². The maximum absolute atomic E-state index is 12.1. The first kappa shape index (κ1) is 12.5. The second-order valence-corrected chi connectivity index (χ2v) is 5.16. The van der Waals surface area contributed by atoms with E-state index in [0.717, 1.165) is 13.0 Å². The molecule has 1 aliphatic heterocycles. The number of nitrogens with two attached hydrogens (primary N) is 1. The minimum Gasteiger partial charge on any atom is -0.338 e. The topological polar surface area (TPSA) is 46.3 Å². The molecule has 1 saturated heterocycles. The van der Waals surface area contributed by atoms with Gasteiger partial charge in [-0.25, -0.2) is 0 Å². The molecule has 88 valence electrons. The van der Waals surface area contributed by atoms with Crippen molar-refractivity contribution in [2.75, 3.05) is 6.54 Å². The van der Waals surface area contributed by atoms with E-state index in [4.69, 9.17) is 5.73 Å². The van der Waals surface area contributed by atoms with Gasteiger partial charge >= 0.3 is 0 Å². The Labute approximate surface area is 93.0 Å². The van der Waals surface area contributed by atoms with Gasteiger partial charge in [-0.2, -0.15) is 0 Å². The van der Waals surface area contributed by atoms with Crippen molar-refractivity contribution < 1.29 is 4.79 Å². The molecule has 3 nitrogen and oxygen atoms in total. The number of carbonyl (C=O) groups excluding carboxylic acids is 1. The van der Waals surface area contributed by atoms with Gasteiger partial charge in [0.2, 0.25) is 5.91 Å².